The standard InChI is InChI=1S/C21H28N2O4.ClH/c1-26-19(25)21(6-3-7-21)16-4-2-5-17(12-16)23-18(24)15-13-20(27-14-15)8-10-22-11-9-20;/h2,4-5,12,15,22H,3,6-11,13-14H2,1H3,(H,23,24);1H. The number of hydrogen-bond acceptors (Lipinski definition) is 5. The maximum Gasteiger partial charge on any atom is 0.316 e. The summed E-state index contributed by atoms with van der Waals surface area (Å²) >= 11 is 0. The molecular formula is C21H29ClN2O4. The van der Waals surface area contributed by atoms with Gasteiger partial charge in [-0.1, -0.05) is 18.6 Å². The number of amides is 1. The van der Waals surface area contributed by atoms with Crippen molar-refractivity contribution >= 4 is 30.0 Å². The van der Waals surface area contributed by atoms with Crippen molar-refractivity contribution in [3.8, 4) is 0 Å². The van der Waals surface area contributed by atoms with Crippen molar-refractivity contribution in [2.24, 2.45) is 5.92 Å². The summed E-state index contributed by atoms with van der Waals surface area (Å²) in [6, 6.07) is 7.65. The molecule has 2 saturated heterocycles. The Morgan fingerprint density at radius 1 is 1.21 bits per heavy atom. The number of carbonyl (C=O) groups excluding carboxylic acids is 2. The van der Waals surface area contributed by atoms with Gasteiger partial charge in [-0.2, -0.15) is 0 Å². The maximum atomic E-state index is 12.8. The molecule has 0 aromatic heterocycles. The van der Waals surface area contributed by atoms with Crippen molar-refractivity contribution < 1.29 is 19.1 Å². The molecule has 1 aliphatic carbocycles. The van der Waals surface area contributed by atoms with E-state index in [1.165, 1.54) is 7.11 Å². The molecule has 2 aliphatic heterocycles. The second-order valence-electron chi connectivity index (χ2n) is 8.14. The summed E-state index contributed by atoms with van der Waals surface area (Å²) in [5.41, 5.74) is 0.982. The van der Waals surface area contributed by atoms with E-state index in [4.69, 9.17) is 9.47 Å². The number of methoxy groups -OCH3 is 1. The topological polar surface area (TPSA) is 76.7 Å². The molecule has 0 radical (unpaired) electrons. The van der Waals surface area contributed by atoms with Crippen LogP contribution in [0.15, 0.2) is 24.3 Å². The predicted molar refractivity (Wildman–Crippen MR) is 109 cm³/mol. The Morgan fingerprint density at radius 2 is 1.96 bits per heavy atom. The van der Waals surface area contributed by atoms with Crippen LogP contribution in [0.3, 0.4) is 0 Å². The fourth-order valence-electron chi connectivity index (χ4n) is 4.72. The Kier molecular flexibility index (Phi) is 6.32. The van der Waals surface area contributed by atoms with Crippen molar-refractivity contribution in [2.75, 3.05) is 32.1 Å². The van der Waals surface area contributed by atoms with E-state index >= 15 is 0 Å². The number of carbonyl (C=O) groups is 2. The monoisotopic (exact) mass is 408 g/mol. The van der Waals surface area contributed by atoms with E-state index in [2.05, 4.69) is 10.6 Å². The Labute approximate surface area is 172 Å². The van der Waals surface area contributed by atoms with E-state index in [0.29, 0.717) is 6.61 Å². The highest BCUT2D eigenvalue weighted by Crippen LogP contribution is 2.45. The molecule has 3 fully saturated rings. The molecule has 1 aromatic carbocycles. The summed E-state index contributed by atoms with van der Waals surface area (Å²) in [6.45, 7) is 2.38. The third-order valence-electron chi connectivity index (χ3n) is 6.56. The number of anilines is 1. The minimum atomic E-state index is -0.550. The molecule has 154 valence electrons. The zero-order valence-corrected chi connectivity index (χ0v) is 17.1. The predicted octanol–water partition coefficient (Wildman–Crippen LogP) is 2.80. The molecule has 1 atom stereocenters. The van der Waals surface area contributed by atoms with Crippen LogP contribution < -0.4 is 10.6 Å². The molecule has 3 aliphatic rings. The highest BCUT2D eigenvalue weighted by atomic mass is 35.5. The summed E-state index contributed by atoms with van der Waals surface area (Å²) < 4.78 is 11.1. The quantitative estimate of drug-likeness (QED) is 0.749. The van der Waals surface area contributed by atoms with Crippen molar-refractivity contribution in [3.63, 3.8) is 0 Å². The first-order chi connectivity index (χ1) is 13.1. The summed E-state index contributed by atoms with van der Waals surface area (Å²) in [4.78, 5) is 25.1. The first-order valence-corrected chi connectivity index (χ1v) is 9.91. The fourth-order valence-corrected chi connectivity index (χ4v) is 4.72. The van der Waals surface area contributed by atoms with Crippen molar-refractivity contribution in [2.45, 2.75) is 49.5 Å². The zero-order chi connectivity index (χ0) is 18.9. The zero-order valence-electron chi connectivity index (χ0n) is 16.3. The van der Waals surface area contributed by atoms with Crippen molar-refractivity contribution in [1.29, 1.82) is 0 Å². The number of rotatable bonds is 4. The van der Waals surface area contributed by atoms with Crippen LogP contribution in [0.2, 0.25) is 0 Å². The molecule has 0 bridgehead atoms. The minimum absolute atomic E-state index is 0. The van der Waals surface area contributed by atoms with Crippen LogP contribution in [-0.4, -0.2) is 44.3 Å². The molecule has 7 heteroatoms. The number of hydrogen-bond donors (Lipinski definition) is 2. The van der Waals surface area contributed by atoms with Gasteiger partial charge >= 0.3 is 5.97 Å². The largest absolute Gasteiger partial charge is 0.468 e. The van der Waals surface area contributed by atoms with E-state index in [-0.39, 0.29) is 35.8 Å². The van der Waals surface area contributed by atoms with Gasteiger partial charge in [0.25, 0.3) is 0 Å². The van der Waals surface area contributed by atoms with Crippen LogP contribution in [0.5, 0.6) is 0 Å². The van der Waals surface area contributed by atoms with Gasteiger partial charge in [-0.3, -0.25) is 9.59 Å². The third-order valence-corrected chi connectivity index (χ3v) is 6.56. The van der Waals surface area contributed by atoms with Crippen LogP contribution in [0.4, 0.5) is 5.69 Å². The van der Waals surface area contributed by atoms with E-state index in [9.17, 15) is 9.59 Å². The molecule has 1 unspecified atom stereocenters. The number of ether oxygens (including phenoxy) is 2. The molecule has 1 amide bonds. The van der Waals surface area contributed by atoms with Crippen LogP contribution >= 0.6 is 12.4 Å². The van der Waals surface area contributed by atoms with E-state index < -0.39 is 5.41 Å². The van der Waals surface area contributed by atoms with E-state index in [1.807, 2.05) is 24.3 Å². The fraction of sp³-hybridized carbons (Fsp3) is 0.619. The van der Waals surface area contributed by atoms with Gasteiger partial charge in [-0.25, -0.2) is 0 Å². The van der Waals surface area contributed by atoms with Crippen molar-refractivity contribution in [1.82, 2.24) is 5.32 Å². The number of halogens is 1. The van der Waals surface area contributed by atoms with Gasteiger partial charge in [0.05, 0.1) is 30.7 Å². The lowest BCUT2D eigenvalue weighted by Crippen LogP contribution is -2.43. The first-order valence-electron chi connectivity index (χ1n) is 9.91. The molecule has 2 heterocycles. The Morgan fingerprint density at radius 3 is 2.61 bits per heavy atom. The summed E-state index contributed by atoms with van der Waals surface area (Å²) in [5.74, 6) is -0.303. The highest BCUT2D eigenvalue weighted by molar-refractivity contribution is 5.93. The third kappa shape index (κ3) is 3.78. The maximum absolute atomic E-state index is 12.8. The number of esters is 1. The Hall–Kier alpha value is -1.63. The second kappa shape index (κ2) is 8.39. The lowest BCUT2D eigenvalue weighted by Gasteiger charge is -2.39. The van der Waals surface area contributed by atoms with Gasteiger partial charge in [0.1, 0.15) is 0 Å². The van der Waals surface area contributed by atoms with Crippen LogP contribution in [0.1, 0.15) is 44.1 Å². The van der Waals surface area contributed by atoms with E-state index in [0.717, 1.165) is 62.9 Å². The van der Waals surface area contributed by atoms with E-state index in [1.54, 1.807) is 0 Å². The lowest BCUT2D eigenvalue weighted by atomic mass is 9.64. The molecule has 1 saturated carbocycles. The normalized spacial score (nSPS) is 24.7. The minimum Gasteiger partial charge on any atom is -0.468 e. The molecular weight excluding hydrogens is 380 g/mol. The average Bonchev–Trinajstić information content (AvgIpc) is 3.05. The first kappa shape index (κ1) is 21.1. The lowest BCUT2D eigenvalue weighted by molar-refractivity contribution is -0.151. The molecule has 28 heavy (non-hydrogen) atoms. The Bertz CT molecular complexity index is 729. The van der Waals surface area contributed by atoms with Gasteiger partial charge in [0.15, 0.2) is 0 Å². The highest BCUT2D eigenvalue weighted by Gasteiger charge is 2.47. The molecule has 4 rings (SSSR count). The van der Waals surface area contributed by atoms with Crippen LogP contribution in [0, 0.1) is 5.92 Å². The second-order valence-corrected chi connectivity index (χ2v) is 8.14. The summed E-state index contributed by atoms with van der Waals surface area (Å²) in [5, 5.41) is 6.38. The van der Waals surface area contributed by atoms with Gasteiger partial charge in [-0.05, 0) is 62.9 Å². The van der Waals surface area contributed by atoms with Gasteiger partial charge in [0, 0.05) is 5.69 Å². The molecule has 2 N–H and O–H groups in total. The number of piperidine rings is 1. The summed E-state index contributed by atoms with van der Waals surface area (Å²) in [7, 11) is 1.44. The van der Waals surface area contributed by atoms with Gasteiger partial charge < -0.3 is 20.1 Å². The molecule has 1 spiro atoms. The average molecular weight is 409 g/mol. The summed E-state index contributed by atoms with van der Waals surface area (Å²) in [6.07, 6.45) is 5.32. The number of benzene rings is 1. The SMILES string of the molecule is COC(=O)C1(c2cccc(NC(=O)C3COC4(CCNCC4)C3)c2)CCC1.Cl. The smallest absolute Gasteiger partial charge is 0.316 e. The van der Waals surface area contributed by atoms with Crippen LogP contribution in [0.25, 0.3) is 0 Å². The Balaban J connectivity index is 0.00000225. The van der Waals surface area contributed by atoms with Gasteiger partial charge in [-0.15, -0.1) is 12.4 Å². The number of nitrogens with one attached hydrogen (secondary N) is 2. The molecule has 6 nitrogen and oxygen atoms in total. The van der Waals surface area contributed by atoms with Gasteiger partial charge in [0.2, 0.25) is 5.91 Å². The van der Waals surface area contributed by atoms with Crippen molar-refractivity contribution in [3.05, 3.63) is 29.8 Å². The van der Waals surface area contributed by atoms with Crippen LogP contribution in [-0.2, 0) is 24.5 Å². The molecule has 1 aromatic rings.